The van der Waals surface area contributed by atoms with Gasteiger partial charge < -0.3 is 10.6 Å². The molecule has 1 fully saturated rings. The molecule has 3 N–H and O–H groups in total. The lowest BCUT2D eigenvalue weighted by Crippen LogP contribution is -2.33. The standard InChI is InChI=1S/C11H20N4/c1-2-3-9-4-6-15(7-5-9)10-8-13-14-11(10)12/h8-9H,2-7H2,1H3,(H3,12,13,14). The molecule has 1 aromatic heterocycles. The quantitative estimate of drug-likeness (QED) is 0.799. The van der Waals surface area contributed by atoms with Gasteiger partial charge in [-0.1, -0.05) is 19.8 Å². The summed E-state index contributed by atoms with van der Waals surface area (Å²) in [6.45, 7) is 4.50. The van der Waals surface area contributed by atoms with Crippen molar-refractivity contribution < 1.29 is 0 Å². The second-order valence-electron chi connectivity index (χ2n) is 4.39. The van der Waals surface area contributed by atoms with Crippen molar-refractivity contribution in [3.05, 3.63) is 6.20 Å². The van der Waals surface area contributed by atoms with Gasteiger partial charge in [0.15, 0.2) is 0 Å². The van der Waals surface area contributed by atoms with Gasteiger partial charge in [-0.25, -0.2) is 0 Å². The van der Waals surface area contributed by atoms with Crippen molar-refractivity contribution in [2.24, 2.45) is 5.92 Å². The maximum absolute atomic E-state index is 5.80. The second kappa shape index (κ2) is 4.55. The molecule has 0 spiro atoms. The van der Waals surface area contributed by atoms with Crippen LogP contribution in [0, 0.1) is 5.92 Å². The first-order valence-electron chi connectivity index (χ1n) is 5.85. The van der Waals surface area contributed by atoms with Gasteiger partial charge in [-0.05, 0) is 18.8 Å². The normalized spacial score (nSPS) is 18.3. The summed E-state index contributed by atoms with van der Waals surface area (Å²) < 4.78 is 0. The third-order valence-electron chi connectivity index (χ3n) is 3.30. The van der Waals surface area contributed by atoms with E-state index in [0.717, 1.165) is 24.7 Å². The average Bonchev–Trinajstić information content (AvgIpc) is 2.66. The Morgan fingerprint density at radius 3 is 2.80 bits per heavy atom. The smallest absolute Gasteiger partial charge is 0.142 e. The van der Waals surface area contributed by atoms with Crippen molar-refractivity contribution in [1.29, 1.82) is 0 Å². The van der Waals surface area contributed by atoms with Crippen molar-refractivity contribution in [1.82, 2.24) is 10.2 Å². The van der Waals surface area contributed by atoms with Gasteiger partial charge in [0.05, 0.1) is 11.9 Å². The van der Waals surface area contributed by atoms with Crippen LogP contribution in [0.1, 0.15) is 32.6 Å². The summed E-state index contributed by atoms with van der Waals surface area (Å²) in [6, 6.07) is 0. The zero-order chi connectivity index (χ0) is 10.7. The largest absolute Gasteiger partial charge is 0.382 e. The maximum atomic E-state index is 5.80. The number of hydrogen-bond acceptors (Lipinski definition) is 3. The lowest BCUT2D eigenvalue weighted by molar-refractivity contribution is 0.378. The van der Waals surface area contributed by atoms with Gasteiger partial charge >= 0.3 is 0 Å². The van der Waals surface area contributed by atoms with Gasteiger partial charge in [-0.15, -0.1) is 0 Å². The molecule has 15 heavy (non-hydrogen) atoms. The first kappa shape index (κ1) is 10.3. The highest BCUT2D eigenvalue weighted by molar-refractivity contribution is 5.62. The topological polar surface area (TPSA) is 57.9 Å². The van der Waals surface area contributed by atoms with Crippen molar-refractivity contribution in [2.45, 2.75) is 32.6 Å². The Hall–Kier alpha value is -1.19. The highest BCUT2D eigenvalue weighted by atomic mass is 15.2. The zero-order valence-electron chi connectivity index (χ0n) is 9.37. The molecule has 2 heterocycles. The van der Waals surface area contributed by atoms with E-state index in [9.17, 15) is 0 Å². The highest BCUT2D eigenvalue weighted by Crippen LogP contribution is 2.27. The minimum Gasteiger partial charge on any atom is -0.382 e. The van der Waals surface area contributed by atoms with Crippen molar-refractivity contribution in [3.8, 4) is 0 Å². The second-order valence-corrected chi connectivity index (χ2v) is 4.39. The molecule has 0 aromatic carbocycles. The number of anilines is 2. The lowest BCUT2D eigenvalue weighted by Gasteiger charge is -2.32. The lowest BCUT2D eigenvalue weighted by atomic mass is 9.92. The van der Waals surface area contributed by atoms with E-state index in [0.29, 0.717) is 5.82 Å². The Kier molecular flexibility index (Phi) is 3.14. The fourth-order valence-electron chi connectivity index (χ4n) is 2.41. The summed E-state index contributed by atoms with van der Waals surface area (Å²) in [5.41, 5.74) is 6.88. The molecule has 1 aromatic rings. The molecule has 0 bridgehead atoms. The molecule has 0 atom stereocenters. The predicted octanol–water partition coefficient (Wildman–Crippen LogP) is 2.01. The predicted molar refractivity (Wildman–Crippen MR) is 62.8 cm³/mol. The number of aromatic amines is 1. The van der Waals surface area contributed by atoms with E-state index in [1.54, 1.807) is 0 Å². The van der Waals surface area contributed by atoms with E-state index in [4.69, 9.17) is 5.73 Å². The minimum absolute atomic E-state index is 0.698. The number of rotatable bonds is 3. The van der Waals surface area contributed by atoms with Gasteiger partial charge in [0, 0.05) is 13.1 Å². The molecule has 0 aliphatic carbocycles. The molecule has 0 amide bonds. The molecular formula is C11H20N4. The summed E-state index contributed by atoms with van der Waals surface area (Å²) in [5, 5.41) is 6.75. The van der Waals surface area contributed by atoms with Crippen LogP contribution in [0.25, 0.3) is 0 Å². The molecule has 1 saturated heterocycles. The Labute approximate surface area is 90.8 Å². The van der Waals surface area contributed by atoms with Crippen LogP contribution in [0.3, 0.4) is 0 Å². The molecule has 0 unspecified atom stereocenters. The Morgan fingerprint density at radius 2 is 2.27 bits per heavy atom. The van der Waals surface area contributed by atoms with Crippen LogP contribution >= 0.6 is 0 Å². The molecule has 1 aliphatic rings. The van der Waals surface area contributed by atoms with E-state index in [1.807, 2.05) is 6.20 Å². The maximum Gasteiger partial charge on any atom is 0.142 e. The fourth-order valence-corrected chi connectivity index (χ4v) is 2.41. The Morgan fingerprint density at radius 1 is 1.53 bits per heavy atom. The van der Waals surface area contributed by atoms with E-state index in [-0.39, 0.29) is 0 Å². The number of nitrogens with zero attached hydrogens (tertiary/aromatic N) is 2. The molecule has 4 heteroatoms. The van der Waals surface area contributed by atoms with Crippen LogP contribution in [0.2, 0.25) is 0 Å². The number of piperidine rings is 1. The highest BCUT2D eigenvalue weighted by Gasteiger charge is 2.20. The Bertz CT molecular complexity index is 299. The number of aromatic nitrogens is 2. The summed E-state index contributed by atoms with van der Waals surface area (Å²) in [7, 11) is 0. The first-order valence-corrected chi connectivity index (χ1v) is 5.85. The van der Waals surface area contributed by atoms with Crippen LogP contribution in [-0.2, 0) is 0 Å². The fraction of sp³-hybridized carbons (Fsp3) is 0.727. The van der Waals surface area contributed by atoms with E-state index in [2.05, 4.69) is 22.0 Å². The minimum atomic E-state index is 0.698. The van der Waals surface area contributed by atoms with Crippen molar-refractivity contribution >= 4 is 11.5 Å². The van der Waals surface area contributed by atoms with Crippen LogP contribution in [0.15, 0.2) is 6.20 Å². The summed E-state index contributed by atoms with van der Waals surface area (Å²) in [4.78, 5) is 2.34. The molecule has 0 saturated carbocycles. The van der Waals surface area contributed by atoms with Gasteiger partial charge in [-0.3, -0.25) is 5.10 Å². The average molecular weight is 208 g/mol. The van der Waals surface area contributed by atoms with Gasteiger partial charge in [0.25, 0.3) is 0 Å². The Balaban J connectivity index is 1.91. The van der Waals surface area contributed by atoms with E-state index >= 15 is 0 Å². The number of H-pyrrole nitrogens is 1. The third kappa shape index (κ3) is 2.25. The van der Waals surface area contributed by atoms with Gasteiger partial charge in [0.1, 0.15) is 5.82 Å². The van der Waals surface area contributed by atoms with Gasteiger partial charge in [-0.2, -0.15) is 5.10 Å². The van der Waals surface area contributed by atoms with Crippen LogP contribution in [0.5, 0.6) is 0 Å². The van der Waals surface area contributed by atoms with Crippen LogP contribution in [0.4, 0.5) is 11.5 Å². The van der Waals surface area contributed by atoms with Crippen LogP contribution in [-0.4, -0.2) is 23.3 Å². The molecule has 4 nitrogen and oxygen atoms in total. The van der Waals surface area contributed by atoms with Crippen molar-refractivity contribution in [2.75, 3.05) is 23.7 Å². The molecule has 1 aliphatic heterocycles. The zero-order valence-corrected chi connectivity index (χ0v) is 9.37. The monoisotopic (exact) mass is 208 g/mol. The number of hydrogen-bond donors (Lipinski definition) is 2. The van der Waals surface area contributed by atoms with E-state index < -0.39 is 0 Å². The SMILES string of the molecule is CCCC1CCN(c2cn[nH]c2N)CC1. The van der Waals surface area contributed by atoms with Gasteiger partial charge in [0.2, 0.25) is 0 Å². The molecule has 0 radical (unpaired) electrons. The first-order chi connectivity index (χ1) is 7.31. The number of nitrogens with one attached hydrogen (secondary N) is 1. The number of nitrogen functional groups attached to an aromatic ring is 1. The molecule has 2 rings (SSSR count). The summed E-state index contributed by atoms with van der Waals surface area (Å²) in [5.74, 6) is 1.61. The van der Waals surface area contributed by atoms with E-state index in [1.165, 1.54) is 25.7 Å². The molecule has 84 valence electrons. The molecular weight excluding hydrogens is 188 g/mol. The van der Waals surface area contributed by atoms with Crippen LogP contribution < -0.4 is 10.6 Å². The summed E-state index contributed by atoms with van der Waals surface area (Å²) in [6.07, 6.45) is 7.08. The third-order valence-corrected chi connectivity index (χ3v) is 3.30. The number of nitrogens with two attached hydrogens (primary N) is 1. The van der Waals surface area contributed by atoms with Crippen molar-refractivity contribution in [3.63, 3.8) is 0 Å². The summed E-state index contributed by atoms with van der Waals surface area (Å²) >= 11 is 0.